The smallest absolute Gasteiger partial charge is 0.107 e. The first-order valence-corrected chi connectivity index (χ1v) is 10.7. The van der Waals surface area contributed by atoms with Crippen molar-refractivity contribution in [2.75, 3.05) is 4.90 Å². The molecule has 3 aliphatic rings. The number of hydrogen-bond acceptors (Lipinski definition) is 2. The Morgan fingerprint density at radius 3 is 2.29 bits per heavy atom. The van der Waals surface area contributed by atoms with Gasteiger partial charge in [0.1, 0.15) is 6.17 Å². The van der Waals surface area contributed by atoms with Crippen LogP contribution in [-0.4, -0.2) is 11.1 Å². The maximum Gasteiger partial charge on any atom is 0.107 e. The maximum absolute atomic E-state index is 2.54. The van der Waals surface area contributed by atoms with E-state index in [1.54, 1.807) is 0 Å². The molecule has 2 heteroatoms. The number of rotatable bonds is 3. The molecular weight excluding hydrogens is 340 g/mol. The number of anilines is 1. The molecule has 0 spiro atoms. The van der Waals surface area contributed by atoms with Crippen molar-refractivity contribution >= 4 is 5.69 Å². The summed E-state index contributed by atoms with van der Waals surface area (Å²) in [6.45, 7) is 6.89. The molecule has 0 amide bonds. The van der Waals surface area contributed by atoms with Crippen LogP contribution in [-0.2, 0) is 5.41 Å². The standard InChI is InChI=1S/C26H30N2/c1-19-11-7-10-16-24(19)28-20(2)25-26(23-14-8-9-15-23,17-18-27(25)21(28)3)22-12-5-4-6-13-22/h4-7,10-13,16-18,21,23H,8-9,14-15H2,1-3H3. The van der Waals surface area contributed by atoms with E-state index >= 15 is 0 Å². The van der Waals surface area contributed by atoms with Gasteiger partial charge in [0.25, 0.3) is 0 Å². The highest BCUT2D eigenvalue weighted by atomic mass is 15.4. The summed E-state index contributed by atoms with van der Waals surface area (Å²) in [6.07, 6.45) is 10.5. The molecule has 1 aliphatic carbocycles. The number of benzene rings is 2. The summed E-state index contributed by atoms with van der Waals surface area (Å²) in [4.78, 5) is 5.08. The summed E-state index contributed by atoms with van der Waals surface area (Å²) in [5.41, 5.74) is 7.03. The summed E-state index contributed by atoms with van der Waals surface area (Å²) >= 11 is 0. The lowest BCUT2D eigenvalue weighted by Crippen LogP contribution is -2.37. The van der Waals surface area contributed by atoms with Gasteiger partial charge in [0.15, 0.2) is 0 Å². The lowest BCUT2D eigenvalue weighted by atomic mass is 9.67. The number of fused-ring (bicyclic) bond motifs is 1. The topological polar surface area (TPSA) is 6.48 Å². The molecule has 0 radical (unpaired) electrons. The van der Waals surface area contributed by atoms with Gasteiger partial charge in [-0.2, -0.15) is 0 Å². The lowest BCUT2D eigenvalue weighted by Gasteiger charge is -2.37. The molecule has 0 aromatic heterocycles. The third kappa shape index (κ3) is 2.33. The monoisotopic (exact) mass is 370 g/mol. The molecule has 2 aromatic carbocycles. The zero-order chi connectivity index (χ0) is 19.3. The fourth-order valence-electron chi connectivity index (χ4n) is 5.99. The Morgan fingerprint density at radius 2 is 1.57 bits per heavy atom. The van der Waals surface area contributed by atoms with Crippen LogP contribution in [0.3, 0.4) is 0 Å². The Balaban J connectivity index is 1.70. The van der Waals surface area contributed by atoms with Crippen molar-refractivity contribution in [1.82, 2.24) is 4.90 Å². The molecule has 5 rings (SSSR count). The molecular formula is C26H30N2. The molecule has 1 saturated carbocycles. The van der Waals surface area contributed by atoms with Crippen LogP contribution in [0.1, 0.15) is 50.7 Å². The van der Waals surface area contributed by atoms with Crippen molar-refractivity contribution < 1.29 is 0 Å². The summed E-state index contributed by atoms with van der Waals surface area (Å²) < 4.78 is 0. The predicted molar refractivity (Wildman–Crippen MR) is 117 cm³/mol. The summed E-state index contributed by atoms with van der Waals surface area (Å²) in [5.74, 6) is 0.685. The van der Waals surface area contributed by atoms with Gasteiger partial charge in [-0.05, 0) is 56.7 Å². The van der Waals surface area contributed by atoms with Crippen molar-refractivity contribution in [3.05, 3.63) is 89.4 Å². The Morgan fingerprint density at radius 1 is 0.893 bits per heavy atom. The highest BCUT2D eigenvalue weighted by Crippen LogP contribution is 2.56. The SMILES string of the molecule is CC1=C2N(C=CC2(c2ccccc2)C2CCCC2)C(C)N1c1ccccc1C. The third-order valence-electron chi connectivity index (χ3n) is 7.25. The summed E-state index contributed by atoms with van der Waals surface area (Å²) in [6, 6.07) is 20.0. The number of para-hydroxylation sites is 1. The van der Waals surface area contributed by atoms with Gasteiger partial charge < -0.3 is 9.80 Å². The molecule has 144 valence electrons. The van der Waals surface area contributed by atoms with Crippen LogP contribution in [0.4, 0.5) is 5.69 Å². The van der Waals surface area contributed by atoms with Crippen LogP contribution in [0.5, 0.6) is 0 Å². The first kappa shape index (κ1) is 17.6. The quantitative estimate of drug-likeness (QED) is 0.621. The Kier molecular flexibility index (Phi) is 4.12. The van der Waals surface area contributed by atoms with Crippen molar-refractivity contribution in [2.24, 2.45) is 5.92 Å². The largest absolute Gasteiger partial charge is 0.328 e. The van der Waals surface area contributed by atoms with Crippen molar-refractivity contribution in [3.8, 4) is 0 Å². The fraction of sp³-hybridized carbons (Fsp3) is 0.385. The second-order valence-electron chi connectivity index (χ2n) is 8.66. The molecule has 2 nitrogen and oxygen atoms in total. The van der Waals surface area contributed by atoms with Gasteiger partial charge in [0.2, 0.25) is 0 Å². The second-order valence-corrected chi connectivity index (χ2v) is 8.66. The molecule has 28 heavy (non-hydrogen) atoms. The van der Waals surface area contributed by atoms with E-state index in [1.165, 1.54) is 53.9 Å². The molecule has 2 atom stereocenters. The van der Waals surface area contributed by atoms with E-state index in [2.05, 4.69) is 97.4 Å². The van der Waals surface area contributed by atoms with E-state index in [0.29, 0.717) is 12.1 Å². The minimum absolute atomic E-state index is 0.00748. The van der Waals surface area contributed by atoms with Gasteiger partial charge in [-0.25, -0.2) is 0 Å². The van der Waals surface area contributed by atoms with Crippen LogP contribution < -0.4 is 4.90 Å². The molecule has 2 aliphatic heterocycles. The van der Waals surface area contributed by atoms with Crippen LogP contribution in [0.2, 0.25) is 0 Å². The lowest BCUT2D eigenvalue weighted by molar-refractivity contribution is 0.321. The van der Waals surface area contributed by atoms with Gasteiger partial charge in [0, 0.05) is 17.6 Å². The zero-order valence-corrected chi connectivity index (χ0v) is 17.2. The van der Waals surface area contributed by atoms with E-state index in [4.69, 9.17) is 0 Å². The second kappa shape index (κ2) is 6.55. The predicted octanol–water partition coefficient (Wildman–Crippen LogP) is 6.35. The van der Waals surface area contributed by atoms with Gasteiger partial charge in [-0.3, -0.25) is 0 Å². The molecule has 0 bridgehead atoms. The molecule has 2 aromatic rings. The third-order valence-corrected chi connectivity index (χ3v) is 7.25. The van der Waals surface area contributed by atoms with Gasteiger partial charge >= 0.3 is 0 Å². The van der Waals surface area contributed by atoms with E-state index in [1.807, 2.05) is 0 Å². The van der Waals surface area contributed by atoms with Gasteiger partial charge in [0.05, 0.1) is 11.1 Å². The van der Waals surface area contributed by atoms with Crippen LogP contribution in [0, 0.1) is 12.8 Å². The number of aryl methyl sites for hydroxylation is 1. The number of nitrogens with zero attached hydrogens (tertiary/aromatic N) is 2. The Labute approximate surface area is 169 Å². The molecule has 0 N–H and O–H groups in total. The fourth-order valence-corrected chi connectivity index (χ4v) is 5.99. The number of hydrogen-bond donors (Lipinski definition) is 0. The average Bonchev–Trinajstić information content (AvgIpc) is 3.43. The maximum atomic E-state index is 2.54. The Hall–Kier alpha value is -2.48. The highest BCUT2D eigenvalue weighted by molar-refractivity contribution is 5.64. The summed E-state index contributed by atoms with van der Waals surface area (Å²) in [5, 5.41) is 0. The van der Waals surface area contributed by atoms with Crippen LogP contribution in [0.25, 0.3) is 0 Å². The van der Waals surface area contributed by atoms with Gasteiger partial charge in [-0.15, -0.1) is 0 Å². The zero-order valence-electron chi connectivity index (χ0n) is 17.2. The van der Waals surface area contributed by atoms with Crippen LogP contribution in [0.15, 0.2) is 78.3 Å². The minimum Gasteiger partial charge on any atom is -0.328 e. The summed E-state index contributed by atoms with van der Waals surface area (Å²) in [7, 11) is 0. The van der Waals surface area contributed by atoms with E-state index in [-0.39, 0.29) is 5.41 Å². The molecule has 0 saturated heterocycles. The normalized spacial score (nSPS) is 27.2. The minimum atomic E-state index is 0.00748. The average molecular weight is 371 g/mol. The Bertz CT molecular complexity index is 936. The van der Waals surface area contributed by atoms with Crippen LogP contribution >= 0.6 is 0 Å². The molecule has 2 unspecified atom stereocenters. The van der Waals surface area contributed by atoms with Crippen molar-refractivity contribution in [1.29, 1.82) is 0 Å². The highest BCUT2D eigenvalue weighted by Gasteiger charge is 2.53. The van der Waals surface area contributed by atoms with E-state index in [9.17, 15) is 0 Å². The van der Waals surface area contributed by atoms with Crippen molar-refractivity contribution in [2.45, 2.75) is 58.0 Å². The number of allylic oxidation sites excluding steroid dienone is 2. The first-order chi connectivity index (χ1) is 13.6. The van der Waals surface area contributed by atoms with E-state index < -0.39 is 0 Å². The van der Waals surface area contributed by atoms with E-state index in [0.717, 1.165) is 0 Å². The molecule has 1 fully saturated rings. The van der Waals surface area contributed by atoms with Gasteiger partial charge in [-0.1, -0.05) is 67.4 Å². The van der Waals surface area contributed by atoms with Crippen molar-refractivity contribution in [3.63, 3.8) is 0 Å². The first-order valence-electron chi connectivity index (χ1n) is 10.7. The molecule has 2 heterocycles.